The summed E-state index contributed by atoms with van der Waals surface area (Å²) in [6, 6.07) is 15.8. The van der Waals surface area contributed by atoms with Crippen LogP contribution < -0.4 is 0 Å². The fourth-order valence-electron chi connectivity index (χ4n) is 3.30. The third-order valence-corrected chi connectivity index (χ3v) is 5.69. The van der Waals surface area contributed by atoms with Crippen molar-refractivity contribution in [3.05, 3.63) is 82.9 Å². The smallest absolute Gasteiger partial charge is 0.267 e. The molecule has 1 saturated heterocycles. The van der Waals surface area contributed by atoms with Gasteiger partial charge in [0, 0.05) is 17.9 Å². The Morgan fingerprint density at radius 3 is 2.62 bits per heavy atom. The molecule has 29 heavy (non-hydrogen) atoms. The Morgan fingerprint density at radius 2 is 1.97 bits per heavy atom. The second-order valence-electron chi connectivity index (χ2n) is 7.23. The Balaban J connectivity index is 1.68. The molecule has 5 nitrogen and oxygen atoms in total. The number of aryl methyl sites for hydroxylation is 1. The lowest BCUT2D eigenvalue weighted by atomic mass is 10.2. The number of rotatable bonds is 5. The minimum absolute atomic E-state index is 0.0592. The summed E-state index contributed by atoms with van der Waals surface area (Å²) in [6.45, 7) is 6.73. The minimum Gasteiger partial charge on any atom is -0.467 e. The van der Waals surface area contributed by atoms with Crippen molar-refractivity contribution in [2.45, 2.75) is 33.4 Å². The van der Waals surface area contributed by atoms with Crippen LogP contribution >= 0.6 is 11.8 Å². The molecule has 0 radical (unpaired) electrons. The van der Waals surface area contributed by atoms with Gasteiger partial charge in [-0.25, -0.2) is 4.99 Å². The molecule has 0 atom stereocenters. The van der Waals surface area contributed by atoms with E-state index in [1.54, 1.807) is 11.2 Å². The van der Waals surface area contributed by atoms with Crippen LogP contribution in [0.25, 0.3) is 6.08 Å². The number of hydrogen-bond acceptors (Lipinski definition) is 4. The van der Waals surface area contributed by atoms with Crippen LogP contribution in [0.4, 0.5) is 5.69 Å². The van der Waals surface area contributed by atoms with Crippen LogP contribution in [0, 0.1) is 6.92 Å². The van der Waals surface area contributed by atoms with Crippen molar-refractivity contribution in [3.63, 3.8) is 0 Å². The van der Waals surface area contributed by atoms with Crippen LogP contribution in [-0.2, 0) is 11.3 Å². The lowest BCUT2D eigenvalue weighted by molar-refractivity contribution is -0.122. The average molecular weight is 406 g/mol. The van der Waals surface area contributed by atoms with Crippen LogP contribution in [0.3, 0.4) is 0 Å². The van der Waals surface area contributed by atoms with Crippen molar-refractivity contribution in [1.29, 1.82) is 0 Å². The molecule has 0 bridgehead atoms. The van der Waals surface area contributed by atoms with E-state index in [-0.39, 0.29) is 5.91 Å². The summed E-state index contributed by atoms with van der Waals surface area (Å²) in [6.07, 6.45) is 5.65. The fourth-order valence-corrected chi connectivity index (χ4v) is 4.30. The fraction of sp³-hybridized carbons (Fsp3) is 0.217. The van der Waals surface area contributed by atoms with E-state index in [1.807, 2.05) is 48.5 Å². The Hall–Kier alpha value is -2.99. The monoisotopic (exact) mass is 405 g/mol. The third-order valence-electron chi connectivity index (χ3n) is 4.69. The van der Waals surface area contributed by atoms with E-state index in [2.05, 4.69) is 37.6 Å². The number of nitrogens with zero attached hydrogens (tertiary/aromatic N) is 3. The molecule has 3 heterocycles. The van der Waals surface area contributed by atoms with Crippen LogP contribution in [-0.4, -0.2) is 20.5 Å². The number of benzene rings is 1. The van der Waals surface area contributed by atoms with Gasteiger partial charge in [-0.15, -0.1) is 0 Å². The summed E-state index contributed by atoms with van der Waals surface area (Å²) in [5.41, 5.74) is 3.01. The summed E-state index contributed by atoms with van der Waals surface area (Å²) in [4.78, 5) is 20.2. The second-order valence-corrected chi connectivity index (χ2v) is 8.24. The van der Waals surface area contributed by atoms with Crippen molar-refractivity contribution in [1.82, 2.24) is 9.47 Å². The van der Waals surface area contributed by atoms with Gasteiger partial charge in [0.2, 0.25) is 0 Å². The highest BCUT2D eigenvalue weighted by atomic mass is 32.2. The van der Waals surface area contributed by atoms with Gasteiger partial charge in [-0.3, -0.25) is 9.69 Å². The number of carbonyl (C=O) groups is 1. The van der Waals surface area contributed by atoms with Crippen LogP contribution in [0.1, 0.15) is 36.9 Å². The second kappa shape index (κ2) is 8.17. The van der Waals surface area contributed by atoms with E-state index in [9.17, 15) is 4.79 Å². The molecule has 4 rings (SSSR count). The molecule has 148 valence electrons. The number of amidine groups is 1. The molecular formula is C23H23N3O2S. The van der Waals surface area contributed by atoms with Gasteiger partial charge in [-0.05, 0) is 74.5 Å². The zero-order chi connectivity index (χ0) is 20.4. The molecule has 1 aliphatic rings. The number of hydrogen-bond donors (Lipinski definition) is 0. The normalized spacial score (nSPS) is 17.2. The quantitative estimate of drug-likeness (QED) is 0.506. The number of thioether (sulfide) groups is 1. The van der Waals surface area contributed by atoms with E-state index in [4.69, 9.17) is 9.41 Å². The van der Waals surface area contributed by atoms with Crippen LogP contribution in [0.2, 0.25) is 0 Å². The van der Waals surface area contributed by atoms with Crippen LogP contribution in [0.5, 0.6) is 0 Å². The molecule has 1 fully saturated rings. The lowest BCUT2D eigenvalue weighted by Gasteiger charge is -2.13. The molecule has 0 N–H and O–H groups in total. The Kier molecular flexibility index (Phi) is 5.45. The number of aromatic nitrogens is 1. The first-order valence-electron chi connectivity index (χ1n) is 9.57. The highest BCUT2D eigenvalue weighted by Gasteiger charge is 2.34. The minimum atomic E-state index is -0.0592. The first-order chi connectivity index (χ1) is 14.0. The van der Waals surface area contributed by atoms with Crippen molar-refractivity contribution in [3.8, 4) is 0 Å². The van der Waals surface area contributed by atoms with Gasteiger partial charge in [0.1, 0.15) is 5.76 Å². The number of para-hydroxylation sites is 1. The molecule has 0 aliphatic carbocycles. The highest BCUT2D eigenvalue weighted by Crippen LogP contribution is 2.35. The summed E-state index contributed by atoms with van der Waals surface area (Å²) in [5.74, 6) is 0.666. The Morgan fingerprint density at radius 1 is 1.17 bits per heavy atom. The summed E-state index contributed by atoms with van der Waals surface area (Å²) >= 11 is 1.40. The number of carbonyl (C=O) groups excluding carboxylic acids is 1. The van der Waals surface area contributed by atoms with E-state index < -0.39 is 0 Å². The van der Waals surface area contributed by atoms with Crippen molar-refractivity contribution < 1.29 is 9.21 Å². The molecule has 0 saturated carbocycles. The van der Waals surface area contributed by atoms with Gasteiger partial charge >= 0.3 is 0 Å². The third kappa shape index (κ3) is 4.22. The van der Waals surface area contributed by atoms with Crippen LogP contribution in [0.15, 0.2) is 75.3 Å². The molecule has 0 spiro atoms. The largest absolute Gasteiger partial charge is 0.467 e. The van der Waals surface area contributed by atoms with Crippen molar-refractivity contribution in [2.75, 3.05) is 0 Å². The van der Waals surface area contributed by atoms with E-state index >= 15 is 0 Å². The first kappa shape index (κ1) is 19.3. The molecule has 2 aromatic heterocycles. The maximum atomic E-state index is 13.2. The van der Waals surface area contributed by atoms with E-state index in [0.29, 0.717) is 22.7 Å². The van der Waals surface area contributed by atoms with E-state index in [1.165, 1.54) is 17.5 Å². The van der Waals surface area contributed by atoms with Gasteiger partial charge in [0.05, 0.1) is 23.4 Å². The molecule has 6 heteroatoms. The zero-order valence-electron chi connectivity index (χ0n) is 16.7. The Labute approximate surface area is 174 Å². The van der Waals surface area contributed by atoms with E-state index in [0.717, 1.165) is 17.0 Å². The first-order valence-corrected chi connectivity index (χ1v) is 10.4. The maximum absolute atomic E-state index is 13.2. The molecule has 3 aromatic rings. The molecule has 1 aromatic carbocycles. The highest BCUT2D eigenvalue weighted by molar-refractivity contribution is 8.18. The van der Waals surface area contributed by atoms with Gasteiger partial charge in [-0.2, -0.15) is 0 Å². The molecule has 1 amide bonds. The Bertz CT molecular complexity index is 1060. The summed E-state index contributed by atoms with van der Waals surface area (Å²) in [5, 5.41) is 0.656. The average Bonchev–Trinajstić information content (AvgIpc) is 3.40. The predicted octanol–water partition coefficient (Wildman–Crippen LogP) is 5.77. The van der Waals surface area contributed by atoms with Crippen molar-refractivity contribution in [2.24, 2.45) is 4.99 Å². The molecular weight excluding hydrogens is 382 g/mol. The van der Waals surface area contributed by atoms with Gasteiger partial charge in [0.25, 0.3) is 5.91 Å². The summed E-state index contributed by atoms with van der Waals surface area (Å²) in [7, 11) is 0. The SMILES string of the molecule is Cc1cc(/C=C2/SC(=Nc3ccccc3)N(Cc3ccco3)C2=O)cn1C(C)C. The van der Waals surface area contributed by atoms with Gasteiger partial charge in [0.15, 0.2) is 5.17 Å². The lowest BCUT2D eigenvalue weighted by Crippen LogP contribution is -2.28. The number of amides is 1. The zero-order valence-corrected chi connectivity index (χ0v) is 17.5. The topological polar surface area (TPSA) is 50.7 Å². The molecule has 1 aliphatic heterocycles. The number of furan rings is 1. The molecule has 0 unspecified atom stereocenters. The maximum Gasteiger partial charge on any atom is 0.267 e. The predicted molar refractivity (Wildman–Crippen MR) is 118 cm³/mol. The van der Waals surface area contributed by atoms with Gasteiger partial charge < -0.3 is 8.98 Å². The number of aliphatic imine (C=N–C) groups is 1. The standard InChI is InChI=1S/C23H23N3O2S/c1-16(2)25-14-18(12-17(25)3)13-21-22(27)26(15-20-10-7-11-28-20)23(29-21)24-19-8-5-4-6-9-19/h4-14,16H,15H2,1-3H3/b21-13+,24-23?. The van der Waals surface area contributed by atoms with Crippen molar-refractivity contribution >= 4 is 34.6 Å². The summed E-state index contributed by atoms with van der Waals surface area (Å²) < 4.78 is 7.66. The van der Waals surface area contributed by atoms with Gasteiger partial charge in [-0.1, -0.05) is 18.2 Å².